The Kier molecular flexibility index (Phi) is 4.27. The topological polar surface area (TPSA) is 35.8 Å². The summed E-state index contributed by atoms with van der Waals surface area (Å²) in [6, 6.07) is 14.5. The number of nitrogens with zero attached hydrogens (tertiary/aromatic N) is 1. The third-order valence-electron chi connectivity index (χ3n) is 3.07. The first-order valence-corrected chi connectivity index (χ1v) is 6.14. The molecule has 0 saturated heterocycles. The van der Waals surface area contributed by atoms with Crippen LogP contribution < -0.4 is 5.32 Å². The summed E-state index contributed by atoms with van der Waals surface area (Å²) in [4.78, 5) is 0. The molecule has 0 radical (unpaired) electrons. The molecular formula is C16H15FN2. The summed E-state index contributed by atoms with van der Waals surface area (Å²) in [5.41, 5.74) is 3.40. The average molecular weight is 254 g/mol. The van der Waals surface area contributed by atoms with Crippen LogP contribution in [0.2, 0.25) is 0 Å². The molecule has 0 unspecified atom stereocenters. The van der Waals surface area contributed by atoms with E-state index in [1.807, 2.05) is 37.3 Å². The first-order valence-electron chi connectivity index (χ1n) is 6.14. The fourth-order valence-electron chi connectivity index (χ4n) is 1.92. The maximum absolute atomic E-state index is 13.6. The molecule has 0 spiro atoms. The summed E-state index contributed by atoms with van der Waals surface area (Å²) in [5.74, 6) is -0.281. The Labute approximate surface area is 112 Å². The van der Waals surface area contributed by atoms with Crippen LogP contribution in [-0.2, 0) is 13.1 Å². The zero-order valence-electron chi connectivity index (χ0n) is 10.8. The van der Waals surface area contributed by atoms with E-state index in [4.69, 9.17) is 5.26 Å². The van der Waals surface area contributed by atoms with Crippen LogP contribution in [0.3, 0.4) is 0 Å². The number of nitriles is 1. The Bertz CT molecular complexity index is 614. The third kappa shape index (κ3) is 3.40. The number of hydrogen-bond acceptors (Lipinski definition) is 2. The highest BCUT2D eigenvalue weighted by Crippen LogP contribution is 2.11. The van der Waals surface area contributed by atoms with Gasteiger partial charge in [0.05, 0.1) is 11.6 Å². The standard InChI is InChI=1S/C16H15FN2/c1-12-4-2-3-5-14(12)10-19-11-15-8-13(9-18)6-7-16(15)17/h2-8,19H,10-11H2,1H3. The van der Waals surface area contributed by atoms with Crippen molar-refractivity contribution in [3.8, 4) is 6.07 Å². The lowest BCUT2D eigenvalue weighted by Crippen LogP contribution is -2.14. The van der Waals surface area contributed by atoms with Gasteiger partial charge in [-0.2, -0.15) is 5.26 Å². The number of aryl methyl sites for hydroxylation is 1. The maximum Gasteiger partial charge on any atom is 0.127 e. The Hall–Kier alpha value is -2.18. The van der Waals surface area contributed by atoms with Gasteiger partial charge in [-0.05, 0) is 36.2 Å². The first kappa shape index (κ1) is 13.3. The minimum atomic E-state index is -0.281. The van der Waals surface area contributed by atoms with E-state index in [1.54, 1.807) is 6.07 Å². The Morgan fingerprint density at radius 2 is 1.84 bits per heavy atom. The molecule has 0 aliphatic rings. The van der Waals surface area contributed by atoms with Gasteiger partial charge in [0.25, 0.3) is 0 Å². The van der Waals surface area contributed by atoms with Crippen molar-refractivity contribution in [3.05, 3.63) is 70.5 Å². The van der Waals surface area contributed by atoms with Gasteiger partial charge in [0.2, 0.25) is 0 Å². The largest absolute Gasteiger partial charge is 0.309 e. The molecule has 2 rings (SSSR count). The van der Waals surface area contributed by atoms with Gasteiger partial charge in [-0.3, -0.25) is 0 Å². The fraction of sp³-hybridized carbons (Fsp3) is 0.188. The van der Waals surface area contributed by atoms with Crippen LogP contribution in [0.15, 0.2) is 42.5 Å². The molecule has 0 aromatic heterocycles. The SMILES string of the molecule is Cc1ccccc1CNCc1cc(C#N)ccc1F. The highest BCUT2D eigenvalue weighted by Gasteiger charge is 2.04. The normalized spacial score (nSPS) is 10.2. The van der Waals surface area contributed by atoms with Crippen molar-refractivity contribution >= 4 is 0 Å². The summed E-state index contributed by atoms with van der Waals surface area (Å²) in [6.45, 7) is 3.15. The molecule has 3 heteroatoms. The molecule has 0 fully saturated rings. The maximum atomic E-state index is 13.6. The lowest BCUT2D eigenvalue weighted by atomic mass is 10.1. The van der Waals surface area contributed by atoms with Crippen molar-refractivity contribution < 1.29 is 4.39 Å². The number of nitrogens with one attached hydrogen (secondary N) is 1. The van der Waals surface area contributed by atoms with Crippen molar-refractivity contribution in [1.29, 1.82) is 5.26 Å². The highest BCUT2D eigenvalue weighted by atomic mass is 19.1. The van der Waals surface area contributed by atoms with Crippen molar-refractivity contribution in [2.24, 2.45) is 0 Å². The zero-order valence-corrected chi connectivity index (χ0v) is 10.8. The van der Waals surface area contributed by atoms with Crippen molar-refractivity contribution in [3.63, 3.8) is 0 Å². The van der Waals surface area contributed by atoms with Crippen LogP contribution in [0.5, 0.6) is 0 Å². The zero-order chi connectivity index (χ0) is 13.7. The molecular weight excluding hydrogens is 239 g/mol. The molecule has 1 N–H and O–H groups in total. The van der Waals surface area contributed by atoms with E-state index in [0.717, 1.165) is 0 Å². The molecule has 0 atom stereocenters. The average Bonchev–Trinajstić information content (AvgIpc) is 2.43. The van der Waals surface area contributed by atoms with E-state index in [1.165, 1.54) is 23.3 Å². The van der Waals surface area contributed by atoms with Gasteiger partial charge in [-0.25, -0.2) is 4.39 Å². The molecule has 0 amide bonds. The van der Waals surface area contributed by atoms with Crippen LogP contribution >= 0.6 is 0 Å². The number of hydrogen-bond donors (Lipinski definition) is 1. The molecule has 2 aromatic carbocycles. The van der Waals surface area contributed by atoms with Gasteiger partial charge in [-0.15, -0.1) is 0 Å². The minimum Gasteiger partial charge on any atom is -0.309 e. The third-order valence-corrected chi connectivity index (χ3v) is 3.07. The predicted molar refractivity (Wildman–Crippen MR) is 72.8 cm³/mol. The second-order valence-electron chi connectivity index (χ2n) is 4.45. The molecule has 0 heterocycles. The number of benzene rings is 2. The Morgan fingerprint density at radius 1 is 1.11 bits per heavy atom. The molecule has 0 saturated carbocycles. The molecule has 96 valence electrons. The molecule has 0 aliphatic carbocycles. The minimum absolute atomic E-state index is 0.281. The van der Waals surface area contributed by atoms with Crippen molar-refractivity contribution in [2.75, 3.05) is 0 Å². The molecule has 0 bridgehead atoms. The smallest absolute Gasteiger partial charge is 0.127 e. The van der Waals surface area contributed by atoms with Gasteiger partial charge in [-0.1, -0.05) is 24.3 Å². The van der Waals surface area contributed by atoms with E-state index in [-0.39, 0.29) is 5.82 Å². The van der Waals surface area contributed by atoms with Crippen LogP contribution in [0.25, 0.3) is 0 Å². The molecule has 2 aromatic rings. The quantitative estimate of drug-likeness (QED) is 0.908. The predicted octanol–water partition coefficient (Wildman–Crippen LogP) is 3.30. The summed E-state index contributed by atoms with van der Waals surface area (Å²) in [6.07, 6.45) is 0. The van der Waals surface area contributed by atoms with Gasteiger partial charge in [0.15, 0.2) is 0 Å². The van der Waals surface area contributed by atoms with Crippen LogP contribution in [0.4, 0.5) is 4.39 Å². The monoisotopic (exact) mass is 254 g/mol. The van der Waals surface area contributed by atoms with Gasteiger partial charge in [0, 0.05) is 18.7 Å². The molecule has 0 aliphatic heterocycles. The second-order valence-corrected chi connectivity index (χ2v) is 4.45. The van der Waals surface area contributed by atoms with Crippen molar-refractivity contribution in [2.45, 2.75) is 20.0 Å². The number of halogens is 1. The Morgan fingerprint density at radius 3 is 2.58 bits per heavy atom. The van der Waals surface area contributed by atoms with Gasteiger partial charge < -0.3 is 5.32 Å². The lowest BCUT2D eigenvalue weighted by molar-refractivity contribution is 0.587. The molecule has 2 nitrogen and oxygen atoms in total. The van der Waals surface area contributed by atoms with Crippen molar-refractivity contribution in [1.82, 2.24) is 5.32 Å². The van der Waals surface area contributed by atoms with Crippen LogP contribution in [-0.4, -0.2) is 0 Å². The second kappa shape index (κ2) is 6.12. The number of rotatable bonds is 4. The summed E-state index contributed by atoms with van der Waals surface area (Å²) in [7, 11) is 0. The lowest BCUT2D eigenvalue weighted by Gasteiger charge is -2.08. The fourth-order valence-corrected chi connectivity index (χ4v) is 1.92. The Balaban J connectivity index is 2.00. The molecule has 19 heavy (non-hydrogen) atoms. The van der Waals surface area contributed by atoms with Gasteiger partial charge >= 0.3 is 0 Å². The first-order chi connectivity index (χ1) is 9.20. The highest BCUT2D eigenvalue weighted by molar-refractivity contribution is 5.33. The summed E-state index contributed by atoms with van der Waals surface area (Å²) in [5, 5.41) is 12.0. The summed E-state index contributed by atoms with van der Waals surface area (Å²) < 4.78 is 13.6. The van der Waals surface area contributed by atoms with E-state index in [9.17, 15) is 4.39 Å². The summed E-state index contributed by atoms with van der Waals surface area (Å²) >= 11 is 0. The van der Waals surface area contributed by atoms with E-state index >= 15 is 0 Å². The van der Waals surface area contributed by atoms with Crippen LogP contribution in [0, 0.1) is 24.1 Å². The van der Waals surface area contributed by atoms with Crippen LogP contribution in [0.1, 0.15) is 22.3 Å². The van der Waals surface area contributed by atoms with E-state index in [0.29, 0.717) is 24.2 Å². The van der Waals surface area contributed by atoms with Gasteiger partial charge in [0.1, 0.15) is 5.82 Å². The van der Waals surface area contributed by atoms with E-state index in [2.05, 4.69) is 5.32 Å². The van der Waals surface area contributed by atoms with E-state index < -0.39 is 0 Å².